The largest absolute Gasteiger partial charge is 0.492 e. The summed E-state index contributed by atoms with van der Waals surface area (Å²) in [6.45, 7) is 2.03. The SMILES string of the molecule is CCc1ccc(OCCS(=O)(=O)Nc2ccc(S(=O)(=O)Nc3ncccn3)cc2)cc1. The monoisotopic (exact) mass is 462 g/mol. The molecule has 0 amide bonds. The molecule has 31 heavy (non-hydrogen) atoms. The van der Waals surface area contributed by atoms with Gasteiger partial charge in [-0.1, -0.05) is 19.1 Å². The lowest BCUT2D eigenvalue weighted by Gasteiger charge is -2.11. The Bertz CT molecular complexity index is 1200. The highest BCUT2D eigenvalue weighted by Crippen LogP contribution is 2.18. The molecule has 1 aromatic heterocycles. The van der Waals surface area contributed by atoms with Crippen molar-refractivity contribution in [1.82, 2.24) is 9.97 Å². The summed E-state index contributed by atoms with van der Waals surface area (Å²) in [7, 11) is -7.57. The second kappa shape index (κ2) is 9.75. The van der Waals surface area contributed by atoms with Gasteiger partial charge < -0.3 is 4.74 Å². The van der Waals surface area contributed by atoms with Gasteiger partial charge in [-0.3, -0.25) is 4.72 Å². The quantitative estimate of drug-likeness (QED) is 0.474. The van der Waals surface area contributed by atoms with E-state index in [-0.39, 0.29) is 28.9 Å². The van der Waals surface area contributed by atoms with Crippen LogP contribution in [0.3, 0.4) is 0 Å². The number of nitrogens with zero attached hydrogens (tertiary/aromatic N) is 2. The molecule has 1 heterocycles. The molecule has 0 atom stereocenters. The van der Waals surface area contributed by atoms with Gasteiger partial charge in [0.15, 0.2) is 0 Å². The van der Waals surface area contributed by atoms with Gasteiger partial charge in [-0.15, -0.1) is 0 Å². The van der Waals surface area contributed by atoms with Crippen molar-refractivity contribution in [2.75, 3.05) is 21.8 Å². The number of ether oxygens (including phenoxy) is 1. The zero-order chi connectivity index (χ0) is 22.3. The zero-order valence-corrected chi connectivity index (χ0v) is 18.4. The van der Waals surface area contributed by atoms with Gasteiger partial charge in [-0.2, -0.15) is 0 Å². The molecule has 11 heteroatoms. The minimum Gasteiger partial charge on any atom is -0.492 e. The Morgan fingerprint density at radius 3 is 2.13 bits per heavy atom. The van der Waals surface area contributed by atoms with Gasteiger partial charge in [0.25, 0.3) is 10.0 Å². The molecule has 0 bridgehead atoms. The predicted molar refractivity (Wildman–Crippen MR) is 118 cm³/mol. The molecule has 164 valence electrons. The molecular weight excluding hydrogens is 440 g/mol. The van der Waals surface area contributed by atoms with Crippen molar-refractivity contribution in [1.29, 1.82) is 0 Å². The summed E-state index contributed by atoms with van der Waals surface area (Å²) in [6, 6.07) is 14.3. The van der Waals surface area contributed by atoms with Gasteiger partial charge in [-0.05, 0) is 54.4 Å². The van der Waals surface area contributed by atoms with Gasteiger partial charge in [0.05, 0.1) is 4.90 Å². The second-order valence-electron chi connectivity index (χ2n) is 6.47. The van der Waals surface area contributed by atoms with E-state index in [1.54, 1.807) is 18.2 Å². The van der Waals surface area contributed by atoms with Crippen molar-refractivity contribution in [3.05, 3.63) is 72.6 Å². The van der Waals surface area contributed by atoms with Crippen LogP contribution in [0.2, 0.25) is 0 Å². The van der Waals surface area contributed by atoms with Gasteiger partial charge in [0.2, 0.25) is 16.0 Å². The van der Waals surface area contributed by atoms with E-state index in [1.807, 2.05) is 19.1 Å². The Kier molecular flexibility index (Phi) is 7.08. The maximum absolute atomic E-state index is 12.4. The van der Waals surface area contributed by atoms with Gasteiger partial charge in [-0.25, -0.2) is 31.5 Å². The molecule has 0 saturated carbocycles. The fourth-order valence-corrected chi connectivity index (χ4v) is 4.41. The third kappa shape index (κ3) is 6.66. The zero-order valence-electron chi connectivity index (χ0n) is 16.7. The average molecular weight is 463 g/mol. The van der Waals surface area contributed by atoms with E-state index in [4.69, 9.17) is 4.74 Å². The third-order valence-electron chi connectivity index (χ3n) is 4.18. The van der Waals surface area contributed by atoms with E-state index in [0.717, 1.165) is 6.42 Å². The van der Waals surface area contributed by atoms with Gasteiger partial charge >= 0.3 is 0 Å². The fourth-order valence-electron chi connectivity index (χ4n) is 2.55. The minimum atomic E-state index is -3.90. The maximum Gasteiger partial charge on any atom is 0.264 e. The molecule has 3 rings (SSSR count). The lowest BCUT2D eigenvalue weighted by Crippen LogP contribution is -2.21. The van der Waals surface area contributed by atoms with E-state index < -0.39 is 20.0 Å². The molecule has 0 aliphatic carbocycles. The number of aromatic nitrogens is 2. The summed E-state index contributed by atoms with van der Waals surface area (Å²) in [4.78, 5) is 7.57. The molecule has 0 spiro atoms. The van der Waals surface area contributed by atoms with Crippen molar-refractivity contribution < 1.29 is 21.6 Å². The number of anilines is 2. The molecule has 0 fully saturated rings. The first-order valence-electron chi connectivity index (χ1n) is 9.39. The normalized spacial score (nSPS) is 11.6. The second-order valence-corrected chi connectivity index (χ2v) is 9.99. The highest BCUT2D eigenvalue weighted by molar-refractivity contribution is 7.93. The first kappa shape index (κ1) is 22.5. The van der Waals surface area contributed by atoms with Crippen molar-refractivity contribution in [3.8, 4) is 5.75 Å². The fraction of sp³-hybridized carbons (Fsp3) is 0.200. The molecule has 0 saturated heterocycles. The van der Waals surface area contributed by atoms with E-state index in [1.165, 1.54) is 42.2 Å². The standard InChI is InChI=1S/C20H22N4O5S2/c1-2-16-4-8-18(9-5-16)29-14-15-30(25,26)23-17-6-10-19(11-7-17)31(27,28)24-20-21-12-3-13-22-20/h3-13,23H,2,14-15H2,1H3,(H,21,22,24). The average Bonchev–Trinajstić information content (AvgIpc) is 2.74. The molecule has 2 aromatic carbocycles. The molecule has 3 aromatic rings. The summed E-state index contributed by atoms with van der Waals surface area (Å²) in [5.74, 6) is 0.281. The van der Waals surface area contributed by atoms with Crippen LogP contribution in [0, 0.1) is 0 Å². The molecule has 0 radical (unpaired) electrons. The summed E-state index contributed by atoms with van der Waals surface area (Å²) < 4.78 is 59.4. The van der Waals surface area contributed by atoms with Crippen LogP contribution in [0.4, 0.5) is 11.6 Å². The van der Waals surface area contributed by atoms with Crippen LogP contribution in [0.5, 0.6) is 5.75 Å². The lowest BCUT2D eigenvalue weighted by atomic mass is 10.2. The van der Waals surface area contributed by atoms with E-state index in [9.17, 15) is 16.8 Å². The number of benzene rings is 2. The molecular formula is C20H22N4O5S2. The molecule has 0 aliphatic rings. The van der Waals surface area contributed by atoms with E-state index in [2.05, 4.69) is 19.4 Å². The minimum absolute atomic E-state index is 0.0196. The molecule has 9 nitrogen and oxygen atoms in total. The predicted octanol–water partition coefficient (Wildman–Crippen LogP) is 2.66. The Balaban J connectivity index is 1.56. The number of hydrogen-bond donors (Lipinski definition) is 2. The maximum atomic E-state index is 12.4. The highest BCUT2D eigenvalue weighted by Gasteiger charge is 2.16. The first-order valence-corrected chi connectivity index (χ1v) is 12.5. The molecule has 2 N–H and O–H groups in total. The Labute approximate surface area is 181 Å². The smallest absolute Gasteiger partial charge is 0.264 e. The van der Waals surface area contributed by atoms with E-state index >= 15 is 0 Å². The van der Waals surface area contributed by atoms with E-state index in [0.29, 0.717) is 5.75 Å². The van der Waals surface area contributed by atoms with Crippen LogP contribution in [0.15, 0.2) is 71.9 Å². The van der Waals surface area contributed by atoms with Crippen LogP contribution in [0.1, 0.15) is 12.5 Å². The Hall–Kier alpha value is -3.18. The third-order valence-corrected chi connectivity index (χ3v) is 6.78. The first-order chi connectivity index (χ1) is 14.8. The Morgan fingerprint density at radius 1 is 0.871 bits per heavy atom. The number of aryl methyl sites for hydroxylation is 1. The van der Waals surface area contributed by atoms with Crippen LogP contribution in [-0.4, -0.2) is 39.2 Å². The topological polar surface area (TPSA) is 127 Å². The van der Waals surface area contributed by atoms with Crippen molar-refractivity contribution in [3.63, 3.8) is 0 Å². The van der Waals surface area contributed by atoms with Gasteiger partial charge in [0.1, 0.15) is 18.1 Å². The van der Waals surface area contributed by atoms with Crippen molar-refractivity contribution >= 4 is 31.7 Å². The van der Waals surface area contributed by atoms with Crippen LogP contribution >= 0.6 is 0 Å². The number of nitrogens with one attached hydrogen (secondary N) is 2. The summed E-state index contributed by atoms with van der Waals surface area (Å²) in [6.07, 6.45) is 3.73. The Morgan fingerprint density at radius 2 is 1.52 bits per heavy atom. The summed E-state index contributed by atoms with van der Waals surface area (Å²) in [5, 5.41) is 0. The number of sulfonamides is 2. The molecule has 0 unspecified atom stereocenters. The van der Waals surface area contributed by atoms with Crippen LogP contribution in [0.25, 0.3) is 0 Å². The number of hydrogen-bond acceptors (Lipinski definition) is 7. The lowest BCUT2D eigenvalue weighted by molar-refractivity contribution is 0.341. The number of rotatable bonds is 10. The molecule has 0 aliphatic heterocycles. The van der Waals surface area contributed by atoms with Crippen LogP contribution < -0.4 is 14.2 Å². The van der Waals surface area contributed by atoms with Crippen molar-refractivity contribution in [2.24, 2.45) is 0 Å². The van der Waals surface area contributed by atoms with Gasteiger partial charge in [0, 0.05) is 18.1 Å². The summed E-state index contributed by atoms with van der Waals surface area (Å²) >= 11 is 0. The van der Waals surface area contributed by atoms with Crippen molar-refractivity contribution in [2.45, 2.75) is 18.2 Å². The summed E-state index contributed by atoms with van der Waals surface area (Å²) in [5.41, 5.74) is 1.40. The highest BCUT2D eigenvalue weighted by atomic mass is 32.2. The van der Waals surface area contributed by atoms with Crippen LogP contribution in [-0.2, 0) is 26.5 Å².